The molecule has 1 unspecified atom stereocenters. The molecule has 0 fully saturated rings. The highest BCUT2D eigenvalue weighted by molar-refractivity contribution is 6.30. The molecule has 1 atom stereocenters. The van der Waals surface area contributed by atoms with Crippen LogP contribution in [0.5, 0.6) is 5.75 Å². The highest BCUT2D eigenvalue weighted by Gasteiger charge is 2.30. The van der Waals surface area contributed by atoms with Crippen molar-refractivity contribution in [2.45, 2.75) is 38.8 Å². The molecule has 0 spiro atoms. The van der Waals surface area contributed by atoms with Crippen molar-refractivity contribution in [1.82, 2.24) is 0 Å². The van der Waals surface area contributed by atoms with Crippen molar-refractivity contribution >= 4 is 11.6 Å². The number of hydrogen-bond acceptors (Lipinski definition) is 2. The first-order chi connectivity index (χ1) is 9.85. The number of nitrogens with two attached hydrogens (primary N) is 1. The number of halogens is 1. The van der Waals surface area contributed by atoms with Gasteiger partial charge in [0.1, 0.15) is 11.4 Å². The standard InChI is InChI=1S/C18H20ClNO/c1-11-8-14(19)5-6-15(11)17(20)12-4-7-16-13(9-12)10-18(2,3)21-16/h4-9,17H,10,20H2,1-3H3. The van der Waals surface area contributed by atoms with E-state index in [4.69, 9.17) is 22.1 Å². The molecule has 1 aliphatic rings. The van der Waals surface area contributed by atoms with Gasteiger partial charge in [0.2, 0.25) is 0 Å². The van der Waals surface area contributed by atoms with Crippen molar-refractivity contribution in [2.24, 2.45) is 5.73 Å². The Labute approximate surface area is 130 Å². The van der Waals surface area contributed by atoms with Gasteiger partial charge in [0, 0.05) is 11.4 Å². The molecule has 0 radical (unpaired) electrons. The van der Waals surface area contributed by atoms with Gasteiger partial charge in [-0.1, -0.05) is 29.8 Å². The Morgan fingerprint density at radius 3 is 2.67 bits per heavy atom. The van der Waals surface area contributed by atoms with Gasteiger partial charge in [-0.25, -0.2) is 0 Å². The fourth-order valence-electron chi connectivity index (χ4n) is 2.99. The topological polar surface area (TPSA) is 35.2 Å². The van der Waals surface area contributed by atoms with Crippen molar-refractivity contribution in [2.75, 3.05) is 0 Å². The van der Waals surface area contributed by atoms with Crippen molar-refractivity contribution in [3.05, 3.63) is 63.7 Å². The fraction of sp³-hybridized carbons (Fsp3) is 0.333. The summed E-state index contributed by atoms with van der Waals surface area (Å²) in [5, 5.41) is 0.743. The molecular formula is C18H20ClNO. The largest absolute Gasteiger partial charge is 0.487 e. The van der Waals surface area contributed by atoms with Crippen molar-refractivity contribution < 1.29 is 4.74 Å². The Morgan fingerprint density at radius 1 is 1.19 bits per heavy atom. The van der Waals surface area contributed by atoms with Crippen LogP contribution in [0, 0.1) is 6.92 Å². The van der Waals surface area contributed by atoms with Gasteiger partial charge < -0.3 is 10.5 Å². The highest BCUT2D eigenvalue weighted by Crippen LogP contribution is 2.37. The van der Waals surface area contributed by atoms with E-state index in [9.17, 15) is 0 Å². The van der Waals surface area contributed by atoms with Crippen LogP contribution in [0.2, 0.25) is 5.02 Å². The molecule has 2 N–H and O–H groups in total. The molecule has 0 aliphatic carbocycles. The summed E-state index contributed by atoms with van der Waals surface area (Å²) in [5.74, 6) is 0.976. The van der Waals surface area contributed by atoms with Crippen LogP contribution in [-0.2, 0) is 6.42 Å². The van der Waals surface area contributed by atoms with Gasteiger partial charge in [-0.05, 0) is 61.2 Å². The number of benzene rings is 2. The molecule has 2 nitrogen and oxygen atoms in total. The Morgan fingerprint density at radius 2 is 1.95 bits per heavy atom. The van der Waals surface area contributed by atoms with Crippen molar-refractivity contribution in [3.8, 4) is 5.75 Å². The van der Waals surface area contributed by atoms with Crippen molar-refractivity contribution in [3.63, 3.8) is 0 Å². The quantitative estimate of drug-likeness (QED) is 0.891. The summed E-state index contributed by atoms with van der Waals surface area (Å²) in [4.78, 5) is 0. The normalized spacial score (nSPS) is 17.2. The zero-order valence-electron chi connectivity index (χ0n) is 12.6. The SMILES string of the molecule is Cc1cc(Cl)ccc1C(N)c1ccc2c(c1)CC(C)(C)O2. The molecule has 3 rings (SSSR count). The first kappa shape index (κ1) is 14.4. The molecule has 2 aromatic carbocycles. The molecule has 0 saturated carbocycles. The number of aryl methyl sites for hydroxylation is 1. The Kier molecular flexibility index (Phi) is 3.46. The summed E-state index contributed by atoms with van der Waals surface area (Å²) in [6, 6.07) is 12.0. The van der Waals surface area contributed by atoms with Gasteiger partial charge in [0.25, 0.3) is 0 Å². The third-order valence-electron chi connectivity index (χ3n) is 4.01. The maximum atomic E-state index is 6.44. The lowest BCUT2D eigenvalue weighted by Crippen LogP contribution is -2.24. The minimum absolute atomic E-state index is 0.124. The van der Waals surface area contributed by atoms with E-state index in [1.807, 2.05) is 31.2 Å². The van der Waals surface area contributed by atoms with E-state index >= 15 is 0 Å². The molecule has 1 aliphatic heterocycles. The van der Waals surface area contributed by atoms with Crippen LogP contribution in [0.4, 0.5) is 0 Å². The van der Waals surface area contributed by atoms with Gasteiger partial charge in [-0.2, -0.15) is 0 Å². The molecule has 1 heterocycles. The monoisotopic (exact) mass is 301 g/mol. The summed E-state index contributed by atoms with van der Waals surface area (Å²) in [6.45, 7) is 6.26. The zero-order chi connectivity index (χ0) is 15.2. The van der Waals surface area contributed by atoms with Crippen LogP contribution in [0.1, 0.15) is 42.1 Å². The second-order valence-electron chi connectivity index (χ2n) is 6.38. The van der Waals surface area contributed by atoms with Crippen molar-refractivity contribution in [1.29, 1.82) is 0 Å². The zero-order valence-corrected chi connectivity index (χ0v) is 13.4. The molecule has 2 aromatic rings. The first-order valence-corrected chi connectivity index (χ1v) is 7.57. The highest BCUT2D eigenvalue weighted by atomic mass is 35.5. The molecule has 110 valence electrons. The van der Waals surface area contributed by atoms with Crippen LogP contribution < -0.4 is 10.5 Å². The molecule has 21 heavy (non-hydrogen) atoms. The minimum Gasteiger partial charge on any atom is -0.487 e. The Balaban J connectivity index is 1.95. The number of ether oxygens (including phenoxy) is 1. The maximum Gasteiger partial charge on any atom is 0.123 e. The lowest BCUT2D eigenvalue weighted by Gasteiger charge is -2.17. The lowest BCUT2D eigenvalue weighted by molar-refractivity contribution is 0.138. The van der Waals surface area contributed by atoms with E-state index in [1.54, 1.807) is 0 Å². The third kappa shape index (κ3) is 2.78. The molecule has 0 saturated heterocycles. The van der Waals surface area contributed by atoms with Gasteiger partial charge >= 0.3 is 0 Å². The fourth-order valence-corrected chi connectivity index (χ4v) is 3.22. The van der Waals surface area contributed by atoms with Gasteiger partial charge in [0.15, 0.2) is 0 Å². The average molecular weight is 302 g/mol. The predicted molar refractivity (Wildman–Crippen MR) is 87.1 cm³/mol. The van der Waals surface area contributed by atoms with E-state index < -0.39 is 0 Å². The van der Waals surface area contributed by atoms with Crippen LogP contribution in [0.25, 0.3) is 0 Å². The second kappa shape index (κ2) is 5.04. The van der Waals surface area contributed by atoms with Crippen LogP contribution in [0.15, 0.2) is 36.4 Å². The number of hydrogen-bond donors (Lipinski definition) is 1. The summed E-state index contributed by atoms with van der Waals surface area (Å²) < 4.78 is 5.92. The maximum absolute atomic E-state index is 6.44. The minimum atomic E-state index is -0.142. The first-order valence-electron chi connectivity index (χ1n) is 7.19. The molecule has 3 heteroatoms. The van der Waals surface area contributed by atoms with E-state index in [2.05, 4.69) is 26.0 Å². The molecule has 0 bridgehead atoms. The number of fused-ring (bicyclic) bond motifs is 1. The van der Waals surface area contributed by atoms with E-state index in [-0.39, 0.29) is 11.6 Å². The molecule has 0 amide bonds. The average Bonchev–Trinajstić information content (AvgIpc) is 2.70. The summed E-state index contributed by atoms with van der Waals surface area (Å²) in [5.41, 5.74) is 10.9. The van der Waals surface area contributed by atoms with Gasteiger partial charge in [-0.15, -0.1) is 0 Å². The van der Waals surface area contributed by atoms with Crippen LogP contribution in [0.3, 0.4) is 0 Å². The second-order valence-corrected chi connectivity index (χ2v) is 6.82. The van der Waals surface area contributed by atoms with E-state index in [0.29, 0.717) is 0 Å². The van der Waals surface area contributed by atoms with Gasteiger partial charge in [0.05, 0.1) is 6.04 Å². The Bertz CT molecular complexity index is 694. The third-order valence-corrected chi connectivity index (χ3v) is 4.25. The summed E-state index contributed by atoms with van der Waals surface area (Å²) in [7, 11) is 0. The van der Waals surface area contributed by atoms with Crippen LogP contribution >= 0.6 is 11.6 Å². The van der Waals surface area contributed by atoms with Crippen LogP contribution in [-0.4, -0.2) is 5.60 Å². The molecular weight excluding hydrogens is 282 g/mol. The van der Waals surface area contributed by atoms with E-state index in [0.717, 1.165) is 33.9 Å². The summed E-state index contributed by atoms with van der Waals surface area (Å²) in [6.07, 6.45) is 0.919. The Hall–Kier alpha value is -1.51. The van der Waals surface area contributed by atoms with E-state index in [1.165, 1.54) is 5.56 Å². The lowest BCUT2D eigenvalue weighted by atomic mass is 9.93. The van der Waals surface area contributed by atoms with Gasteiger partial charge in [-0.3, -0.25) is 0 Å². The smallest absolute Gasteiger partial charge is 0.123 e. The number of rotatable bonds is 2. The molecule has 0 aromatic heterocycles. The predicted octanol–water partition coefficient (Wildman–Crippen LogP) is 4.41. The summed E-state index contributed by atoms with van der Waals surface area (Å²) >= 11 is 6.02.